The first kappa shape index (κ1) is 17.5. The number of pyridine rings is 1. The van der Waals surface area contributed by atoms with Crippen LogP contribution in [0.3, 0.4) is 0 Å². The number of hydrogen-bond donors (Lipinski definition) is 2. The summed E-state index contributed by atoms with van der Waals surface area (Å²) in [6, 6.07) is 3.54. The molecule has 0 aliphatic carbocycles. The lowest BCUT2D eigenvalue weighted by Crippen LogP contribution is -2.58. The monoisotopic (exact) mass is 339 g/mol. The highest BCUT2D eigenvalue weighted by atomic mass is 35.5. The van der Waals surface area contributed by atoms with E-state index in [1.807, 2.05) is 13.0 Å². The van der Waals surface area contributed by atoms with Gasteiger partial charge in [0, 0.05) is 13.0 Å². The number of alkyl carbamates (subject to hydrolysis) is 1. The molecule has 0 aromatic carbocycles. The minimum atomic E-state index is -0.828. The Bertz CT molecular complexity index is 615. The Balaban J connectivity index is 2.35. The maximum absolute atomic E-state index is 12.3. The number of aryl methyl sites for hydroxylation is 1. The zero-order valence-electron chi connectivity index (χ0n) is 13.8. The summed E-state index contributed by atoms with van der Waals surface area (Å²) < 4.78 is 5.36. The van der Waals surface area contributed by atoms with Crippen molar-refractivity contribution in [1.29, 1.82) is 0 Å². The van der Waals surface area contributed by atoms with Crippen molar-refractivity contribution in [3.8, 4) is 0 Å². The van der Waals surface area contributed by atoms with E-state index in [4.69, 9.17) is 16.3 Å². The van der Waals surface area contributed by atoms with Gasteiger partial charge in [-0.1, -0.05) is 17.7 Å². The zero-order valence-corrected chi connectivity index (χ0v) is 14.6. The molecular formula is C16H22ClN3O3. The highest BCUT2D eigenvalue weighted by molar-refractivity contribution is 6.29. The molecule has 1 fully saturated rings. The van der Waals surface area contributed by atoms with Crippen molar-refractivity contribution in [1.82, 2.24) is 15.6 Å². The molecule has 0 bridgehead atoms. The largest absolute Gasteiger partial charge is 0.444 e. The third kappa shape index (κ3) is 4.34. The molecule has 7 heteroatoms. The SMILES string of the molecule is Cc1ccc(Cl)nc1[C@]1(NC(=O)OC(C)(C)C)CCC(=O)NC1. The zero-order chi connectivity index (χ0) is 17.3. The Morgan fingerprint density at radius 3 is 2.70 bits per heavy atom. The van der Waals surface area contributed by atoms with Gasteiger partial charge >= 0.3 is 6.09 Å². The second kappa shape index (κ2) is 6.35. The summed E-state index contributed by atoms with van der Waals surface area (Å²) in [5.41, 5.74) is 0.100. The molecule has 2 amide bonds. The average Bonchev–Trinajstić information content (AvgIpc) is 2.42. The molecule has 2 N–H and O–H groups in total. The maximum atomic E-state index is 12.3. The lowest BCUT2D eigenvalue weighted by atomic mass is 9.84. The van der Waals surface area contributed by atoms with E-state index in [2.05, 4.69) is 15.6 Å². The molecule has 1 aliphatic heterocycles. The summed E-state index contributed by atoms with van der Waals surface area (Å²) in [7, 11) is 0. The van der Waals surface area contributed by atoms with Crippen LogP contribution in [0.25, 0.3) is 0 Å². The van der Waals surface area contributed by atoms with Crippen LogP contribution < -0.4 is 10.6 Å². The van der Waals surface area contributed by atoms with Gasteiger partial charge in [0.15, 0.2) is 0 Å². The molecule has 2 heterocycles. The van der Waals surface area contributed by atoms with Gasteiger partial charge in [0.1, 0.15) is 16.3 Å². The number of rotatable bonds is 2. The second-order valence-electron chi connectivity index (χ2n) is 6.79. The minimum absolute atomic E-state index is 0.0497. The fraction of sp³-hybridized carbons (Fsp3) is 0.562. The Morgan fingerprint density at radius 1 is 1.43 bits per heavy atom. The summed E-state index contributed by atoms with van der Waals surface area (Å²) in [5.74, 6) is -0.0497. The minimum Gasteiger partial charge on any atom is -0.444 e. The molecule has 6 nitrogen and oxygen atoms in total. The van der Waals surface area contributed by atoms with Crippen molar-refractivity contribution in [2.45, 2.75) is 51.7 Å². The summed E-state index contributed by atoms with van der Waals surface area (Å²) in [6.07, 6.45) is 0.185. The van der Waals surface area contributed by atoms with Crippen LogP contribution >= 0.6 is 11.6 Å². The van der Waals surface area contributed by atoms with Crippen LogP contribution in [0, 0.1) is 6.92 Å². The van der Waals surface area contributed by atoms with Crippen LogP contribution in [0.15, 0.2) is 12.1 Å². The third-order valence-corrected chi connectivity index (χ3v) is 3.83. The van der Waals surface area contributed by atoms with Crippen molar-refractivity contribution >= 4 is 23.6 Å². The first-order valence-electron chi connectivity index (χ1n) is 7.53. The van der Waals surface area contributed by atoms with Crippen LogP contribution in [0.2, 0.25) is 5.15 Å². The van der Waals surface area contributed by atoms with Gasteiger partial charge in [-0.25, -0.2) is 9.78 Å². The molecule has 1 aromatic heterocycles. The van der Waals surface area contributed by atoms with Crippen molar-refractivity contribution in [3.05, 3.63) is 28.5 Å². The number of piperidine rings is 1. The second-order valence-corrected chi connectivity index (χ2v) is 7.17. The summed E-state index contributed by atoms with van der Waals surface area (Å²) >= 11 is 6.03. The first-order valence-corrected chi connectivity index (χ1v) is 7.91. The molecule has 1 saturated heterocycles. The van der Waals surface area contributed by atoms with E-state index in [0.29, 0.717) is 23.7 Å². The molecular weight excluding hydrogens is 318 g/mol. The summed E-state index contributed by atoms with van der Waals surface area (Å²) in [4.78, 5) is 28.2. The fourth-order valence-electron chi connectivity index (χ4n) is 2.61. The number of ether oxygens (including phenoxy) is 1. The van der Waals surface area contributed by atoms with Gasteiger partial charge in [0.25, 0.3) is 0 Å². The predicted molar refractivity (Wildman–Crippen MR) is 87.3 cm³/mol. The van der Waals surface area contributed by atoms with E-state index in [0.717, 1.165) is 5.56 Å². The predicted octanol–water partition coefficient (Wildman–Crippen LogP) is 2.67. The lowest BCUT2D eigenvalue weighted by Gasteiger charge is -2.38. The average molecular weight is 340 g/mol. The molecule has 1 atom stereocenters. The molecule has 1 aliphatic rings. The van der Waals surface area contributed by atoms with Gasteiger partial charge < -0.3 is 15.4 Å². The van der Waals surface area contributed by atoms with Gasteiger partial charge in [0.05, 0.1) is 5.69 Å². The maximum Gasteiger partial charge on any atom is 0.408 e. The van der Waals surface area contributed by atoms with Crippen LogP contribution in [0.5, 0.6) is 0 Å². The van der Waals surface area contributed by atoms with Crippen molar-refractivity contribution in [2.24, 2.45) is 0 Å². The normalized spacial score (nSPS) is 21.5. The summed E-state index contributed by atoms with van der Waals surface area (Å²) in [6.45, 7) is 7.53. The van der Waals surface area contributed by atoms with Gasteiger partial charge in [0.2, 0.25) is 5.91 Å². The number of halogens is 1. The molecule has 0 saturated carbocycles. The number of carbonyl (C=O) groups is 2. The van der Waals surface area contributed by atoms with Gasteiger partial charge in [-0.3, -0.25) is 4.79 Å². The topological polar surface area (TPSA) is 80.3 Å². The standard InChI is InChI=1S/C16H22ClN3O3/c1-10-5-6-11(17)19-13(10)16(8-7-12(21)18-9-16)20-14(22)23-15(2,3)4/h5-6H,7-9H2,1-4H3,(H,18,21)(H,20,22)/t16-/m0/s1. The van der Waals surface area contributed by atoms with E-state index >= 15 is 0 Å². The van der Waals surface area contributed by atoms with Crippen molar-refractivity contribution in [2.75, 3.05) is 6.54 Å². The number of nitrogens with one attached hydrogen (secondary N) is 2. The fourth-order valence-corrected chi connectivity index (χ4v) is 2.76. The van der Waals surface area contributed by atoms with E-state index < -0.39 is 17.2 Å². The quantitative estimate of drug-likeness (QED) is 0.812. The number of amides is 2. The molecule has 0 unspecified atom stereocenters. The molecule has 2 rings (SSSR count). The molecule has 126 valence electrons. The Hall–Kier alpha value is -1.82. The summed E-state index contributed by atoms with van der Waals surface area (Å²) in [5, 5.41) is 6.03. The number of nitrogens with zero attached hydrogens (tertiary/aromatic N) is 1. The number of aromatic nitrogens is 1. The van der Waals surface area contributed by atoms with Crippen LogP contribution in [0.4, 0.5) is 4.79 Å². The van der Waals surface area contributed by atoms with E-state index in [9.17, 15) is 9.59 Å². The Kier molecular flexibility index (Phi) is 4.84. The molecule has 23 heavy (non-hydrogen) atoms. The third-order valence-electron chi connectivity index (χ3n) is 3.62. The lowest BCUT2D eigenvalue weighted by molar-refractivity contribution is -0.123. The van der Waals surface area contributed by atoms with Crippen molar-refractivity contribution < 1.29 is 14.3 Å². The Morgan fingerprint density at radius 2 is 2.13 bits per heavy atom. The van der Waals surface area contributed by atoms with Gasteiger partial charge in [-0.05, 0) is 45.7 Å². The van der Waals surface area contributed by atoms with Crippen LogP contribution in [0.1, 0.15) is 44.9 Å². The van der Waals surface area contributed by atoms with Crippen molar-refractivity contribution in [3.63, 3.8) is 0 Å². The highest BCUT2D eigenvalue weighted by Gasteiger charge is 2.41. The van der Waals surface area contributed by atoms with Crippen LogP contribution in [-0.2, 0) is 15.1 Å². The molecule has 0 spiro atoms. The number of hydrogen-bond acceptors (Lipinski definition) is 4. The smallest absolute Gasteiger partial charge is 0.408 e. The van der Waals surface area contributed by atoms with Gasteiger partial charge in [-0.15, -0.1) is 0 Å². The van der Waals surface area contributed by atoms with Gasteiger partial charge in [-0.2, -0.15) is 0 Å². The first-order chi connectivity index (χ1) is 10.6. The van der Waals surface area contributed by atoms with E-state index in [1.165, 1.54) is 0 Å². The number of carbonyl (C=O) groups excluding carboxylic acids is 2. The molecule has 0 radical (unpaired) electrons. The van der Waals surface area contributed by atoms with E-state index in [-0.39, 0.29) is 12.5 Å². The molecule has 1 aromatic rings. The van der Waals surface area contributed by atoms with E-state index in [1.54, 1.807) is 26.8 Å². The highest BCUT2D eigenvalue weighted by Crippen LogP contribution is 2.31. The van der Waals surface area contributed by atoms with Crippen LogP contribution in [-0.4, -0.2) is 29.1 Å². The Labute approximate surface area is 140 Å².